The molecule has 0 atom stereocenters. The molecule has 1 aliphatic rings. The molecule has 8 nitrogen and oxygen atoms in total. The van der Waals surface area contributed by atoms with Gasteiger partial charge < -0.3 is 20.4 Å². The first-order chi connectivity index (χ1) is 13.2. The summed E-state index contributed by atoms with van der Waals surface area (Å²) in [6.45, 7) is 2.31. The number of nitrogens with one attached hydrogen (secondary N) is 2. The first kappa shape index (κ1) is 15.8. The summed E-state index contributed by atoms with van der Waals surface area (Å²) in [4.78, 5) is 22.3. The molecule has 4 N–H and O–H groups in total. The number of amides is 1. The molecule has 0 spiro atoms. The molecular formula is C19H18N6O2. The Morgan fingerprint density at radius 3 is 2.89 bits per heavy atom. The van der Waals surface area contributed by atoms with E-state index in [4.69, 9.17) is 10.5 Å². The maximum absolute atomic E-state index is 13.1. The molecule has 0 unspecified atom stereocenters. The summed E-state index contributed by atoms with van der Waals surface area (Å²) in [5.41, 5.74) is 10.0. The third kappa shape index (κ3) is 2.61. The number of aromatic nitrogens is 4. The smallest absolute Gasteiger partial charge is 0.256 e. The van der Waals surface area contributed by atoms with E-state index < -0.39 is 0 Å². The molecule has 1 aromatic carbocycles. The molecule has 136 valence electrons. The van der Waals surface area contributed by atoms with Gasteiger partial charge in [-0.1, -0.05) is 0 Å². The highest BCUT2D eigenvalue weighted by atomic mass is 16.5. The number of ether oxygens (including phenoxy) is 1. The fourth-order valence-electron chi connectivity index (χ4n) is 3.59. The van der Waals surface area contributed by atoms with Crippen molar-refractivity contribution in [2.45, 2.75) is 0 Å². The van der Waals surface area contributed by atoms with Crippen LogP contribution >= 0.6 is 0 Å². The molecule has 27 heavy (non-hydrogen) atoms. The van der Waals surface area contributed by atoms with Gasteiger partial charge in [0.15, 0.2) is 0 Å². The van der Waals surface area contributed by atoms with Crippen LogP contribution in [0, 0.1) is 0 Å². The highest BCUT2D eigenvalue weighted by molar-refractivity contribution is 6.08. The number of benzene rings is 1. The Kier molecular flexibility index (Phi) is 3.58. The Balaban J connectivity index is 1.67. The standard InChI is InChI=1S/C19H18N6O2/c20-17-7-13-15(9-21-16(13)10-22-17)11-5-12-8-23-24-18(12)14(6-11)19(26)25-1-3-27-4-2-25/h5-10,21H,1-4H2,(H2,20,22)(H,23,24). The number of hydrogen-bond donors (Lipinski definition) is 3. The van der Waals surface area contributed by atoms with Crippen LogP contribution in [0.1, 0.15) is 10.4 Å². The van der Waals surface area contributed by atoms with Gasteiger partial charge in [-0.05, 0) is 23.8 Å². The maximum atomic E-state index is 13.1. The summed E-state index contributed by atoms with van der Waals surface area (Å²) in [6.07, 6.45) is 5.36. The summed E-state index contributed by atoms with van der Waals surface area (Å²) in [5.74, 6) is 0.438. The summed E-state index contributed by atoms with van der Waals surface area (Å²) < 4.78 is 5.36. The van der Waals surface area contributed by atoms with Crippen molar-refractivity contribution in [3.63, 3.8) is 0 Å². The largest absolute Gasteiger partial charge is 0.384 e. The van der Waals surface area contributed by atoms with Gasteiger partial charge in [-0.3, -0.25) is 9.89 Å². The zero-order chi connectivity index (χ0) is 18.4. The van der Waals surface area contributed by atoms with E-state index in [1.165, 1.54) is 0 Å². The van der Waals surface area contributed by atoms with Crippen LogP contribution in [0.2, 0.25) is 0 Å². The second kappa shape index (κ2) is 6.10. The van der Waals surface area contributed by atoms with Crippen molar-refractivity contribution in [2.75, 3.05) is 32.0 Å². The Bertz CT molecular complexity index is 1160. The molecule has 1 fully saturated rings. The number of carbonyl (C=O) groups is 1. The zero-order valence-corrected chi connectivity index (χ0v) is 14.5. The Morgan fingerprint density at radius 2 is 2.04 bits per heavy atom. The van der Waals surface area contributed by atoms with Gasteiger partial charge in [0.05, 0.1) is 42.2 Å². The minimum Gasteiger partial charge on any atom is -0.384 e. The summed E-state index contributed by atoms with van der Waals surface area (Å²) >= 11 is 0. The van der Waals surface area contributed by atoms with Crippen molar-refractivity contribution < 1.29 is 9.53 Å². The monoisotopic (exact) mass is 362 g/mol. The highest BCUT2D eigenvalue weighted by Gasteiger charge is 2.22. The van der Waals surface area contributed by atoms with Gasteiger partial charge in [0.25, 0.3) is 5.91 Å². The van der Waals surface area contributed by atoms with Crippen LogP contribution in [-0.2, 0) is 4.74 Å². The number of morpholine rings is 1. The Hall–Kier alpha value is -3.39. The van der Waals surface area contributed by atoms with Crippen LogP contribution in [0.25, 0.3) is 32.9 Å². The lowest BCUT2D eigenvalue weighted by molar-refractivity contribution is 0.0304. The molecular weight excluding hydrogens is 344 g/mol. The van der Waals surface area contributed by atoms with Gasteiger partial charge in [0.2, 0.25) is 0 Å². The Labute approximate surface area is 154 Å². The fourth-order valence-corrected chi connectivity index (χ4v) is 3.59. The van der Waals surface area contributed by atoms with Crippen molar-refractivity contribution in [1.29, 1.82) is 0 Å². The van der Waals surface area contributed by atoms with E-state index in [0.29, 0.717) is 37.7 Å². The molecule has 4 aromatic rings. The summed E-state index contributed by atoms with van der Waals surface area (Å²) in [5, 5.41) is 8.95. The molecule has 0 bridgehead atoms. The average molecular weight is 362 g/mol. The molecule has 0 radical (unpaired) electrons. The van der Waals surface area contributed by atoms with Crippen molar-refractivity contribution in [3.05, 3.63) is 42.4 Å². The molecule has 4 heterocycles. The van der Waals surface area contributed by atoms with Gasteiger partial charge in [-0.15, -0.1) is 0 Å². The predicted octanol–water partition coefficient (Wildman–Crippen LogP) is 2.16. The number of nitrogens with two attached hydrogens (primary N) is 1. The molecule has 5 rings (SSSR count). The number of rotatable bonds is 2. The number of H-pyrrole nitrogens is 2. The minimum absolute atomic E-state index is 0.0181. The van der Waals surface area contributed by atoms with Crippen LogP contribution in [0.4, 0.5) is 5.82 Å². The molecule has 8 heteroatoms. The SMILES string of the molecule is Nc1cc2c(-c3cc(C(=O)N4CCOCC4)c4[nH]ncc4c3)c[nH]c2cn1. The molecule has 1 saturated heterocycles. The lowest BCUT2D eigenvalue weighted by Crippen LogP contribution is -2.40. The van der Waals surface area contributed by atoms with E-state index in [1.54, 1.807) is 12.4 Å². The first-order valence-corrected chi connectivity index (χ1v) is 8.78. The predicted molar refractivity (Wildman–Crippen MR) is 102 cm³/mol. The third-order valence-electron chi connectivity index (χ3n) is 4.98. The van der Waals surface area contributed by atoms with Crippen molar-refractivity contribution >= 4 is 33.5 Å². The molecule has 1 amide bonds. The summed E-state index contributed by atoms with van der Waals surface area (Å²) in [7, 11) is 0. The summed E-state index contributed by atoms with van der Waals surface area (Å²) in [6, 6.07) is 5.77. The fraction of sp³-hybridized carbons (Fsp3) is 0.211. The van der Waals surface area contributed by atoms with Gasteiger partial charge in [0, 0.05) is 35.6 Å². The van der Waals surface area contributed by atoms with Crippen molar-refractivity contribution in [3.8, 4) is 11.1 Å². The number of hydrogen-bond acceptors (Lipinski definition) is 5. The van der Waals surface area contributed by atoms with E-state index in [2.05, 4.69) is 20.2 Å². The number of carbonyl (C=O) groups excluding carboxylic acids is 1. The minimum atomic E-state index is -0.0181. The highest BCUT2D eigenvalue weighted by Crippen LogP contribution is 2.33. The second-order valence-corrected chi connectivity index (χ2v) is 6.62. The number of anilines is 1. The van der Waals surface area contributed by atoms with Gasteiger partial charge in [-0.25, -0.2) is 4.98 Å². The number of aromatic amines is 2. The normalized spacial score (nSPS) is 14.9. The van der Waals surface area contributed by atoms with E-state index in [-0.39, 0.29) is 5.91 Å². The lowest BCUT2D eigenvalue weighted by Gasteiger charge is -2.27. The number of pyridine rings is 1. The topological polar surface area (TPSA) is 113 Å². The van der Waals surface area contributed by atoms with Gasteiger partial charge in [-0.2, -0.15) is 5.10 Å². The average Bonchev–Trinajstić information content (AvgIpc) is 3.33. The second-order valence-electron chi connectivity index (χ2n) is 6.62. The van der Waals surface area contributed by atoms with Crippen LogP contribution in [0.15, 0.2) is 36.8 Å². The van der Waals surface area contributed by atoms with E-state index in [0.717, 1.165) is 32.9 Å². The Morgan fingerprint density at radius 1 is 1.19 bits per heavy atom. The van der Waals surface area contributed by atoms with Crippen LogP contribution in [0.5, 0.6) is 0 Å². The quantitative estimate of drug-likeness (QED) is 0.506. The molecule has 0 aliphatic carbocycles. The first-order valence-electron chi connectivity index (χ1n) is 8.78. The molecule has 3 aromatic heterocycles. The molecule has 1 aliphatic heterocycles. The van der Waals surface area contributed by atoms with Crippen LogP contribution in [0.3, 0.4) is 0 Å². The zero-order valence-electron chi connectivity index (χ0n) is 14.5. The van der Waals surface area contributed by atoms with E-state index >= 15 is 0 Å². The van der Waals surface area contributed by atoms with Crippen molar-refractivity contribution in [1.82, 2.24) is 25.1 Å². The molecule has 0 saturated carbocycles. The van der Waals surface area contributed by atoms with Crippen LogP contribution < -0.4 is 5.73 Å². The number of nitrogens with zero attached hydrogens (tertiary/aromatic N) is 3. The number of nitrogen functional groups attached to an aromatic ring is 1. The van der Waals surface area contributed by atoms with E-state index in [1.807, 2.05) is 29.3 Å². The van der Waals surface area contributed by atoms with Gasteiger partial charge in [0.1, 0.15) is 5.82 Å². The lowest BCUT2D eigenvalue weighted by atomic mass is 9.99. The van der Waals surface area contributed by atoms with Crippen LogP contribution in [-0.4, -0.2) is 57.3 Å². The maximum Gasteiger partial charge on any atom is 0.256 e. The van der Waals surface area contributed by atoms with Crippen molar-refractivity contribution in [2.24, 2.45) is 0 Å². The van der Waals surface area contributed by atoms with E-state index in [9.17, 15) is 4.79 Å². The van der Waals surface area contributed by atoms with Gasteiger partial charge >= 0.3 is 0 Å². The third-order valence-corrected chi connectivity index (χ3v) is 4.98. The number of fused-ring (bicyclic) bond motifs is 2.